The summed E-state index contributed by atoms with van der Waals surface area (Å²) < 4.78 is 27.5. The number of ether oxygens (including phenoxy) is 3. The van der Waals surface area contributed by atoms with Crippen LogP contribution in [0.3, 0.4) is 0 Å². The van der Waals surface area contributed by atoms with Crippen molar-refractivity contribution in [2.75, 3.05) is 17.4 Å². The van der Waals surface area contributed by atoms with Gasteiger partial charge in [0, 0.05) is 58.2 Å². The Morgan fingerprint density at radius 2 is 1.77 bits per heavy atom. The number of alkyl halides is 2. The van der Waals surface area contributed by atoms with Crippen molar-refractivity contribution < 1.29 is 23.4 Å². The number of carbonyl (C=O) groups is 1. The summed E-state index contributed by atoms with van der Waals surface area (Å²) in [4.78, 5) is 20.5. The van der Waals surface area contributed by atoms with Crippen LogP contribution >= 0.6 is 22.6 Å². The van der Waals surface area contributed by atoms with Crippen LogP contribution in [0.25, 0.3) is 0 Å². The van der Waals surface area contributed by atoms with Crippen LogP contribution in [0.15, 0.2) is 48.7 Å². The van der Waals surface area contributed by atoms with Gasteiger partial charge in [-0.15, -0.1) is 0 Å². The molecule has 0 fully saturated rings. The number of anilines is 4. The highest BCUT2D eigenvalue weighted by Crippen LogP contribution is 2.38. The third-order valence-electron chi connectivity index (χ3n) is 4.53. The molecule has 0 saturated heterocycles. The molecule has 1 aromatic heterocycles. The van der Waals surface area contributed by atoms with E-state index in [1.807, 2.05) is 18.2 Å². The number of aromatic nitrogens is 2. The first-order valence-electron chi connectivity index (χ1n) is 8.96. The number of nitrogens with zero attached hydrogens (tertiary/aromatic N) is 2. The number of halogens is 2. The monoisotopic (exact) mass is 520 g/mol. The number of ketones is 1. The molecule has 3 heterocycles. The smallest absolute Gasteiger partial charge is 0.358 e. The number of Topliss-reactive ketones (excluding diaryl/α,β-unsaturated/α-hetero) is 1. The average molecular weight is 520 g/mol. The van der Waals surface area contributed by atoms with Gasteiger partial charge in [-0.3, -0.25) is 4.79 Å². The molecule has 2 N–H and O–H groups in total. The van der Waals surface area contributed by atoms with Crippen LogP contribution in [0.2, 0.25) is 0 Å². The van der Waals surface area contributed by atoms with Crippen molar-refractivity contribution in [1.82, 2.24) is 9.97 Å². The molecule has 1 atom stereocenters. The van der Waals surface area contributed by atoms with E-state index < -0.39 is 9.64 Å². The molecule has 3 aromatic rings. The number of benzene rings is 2. The van der Waals surface area contributed by atoms with Crippen LogP contribution < -0.4 is 24.8 Å². The molecule has 30 heavy (non-hydrogen) atoms. The van der Waals surface area contributed by atoms with Crippen molar-refractivity contribution in [3.8, 4) is 17.2 Å². The Balaban J connectivity index is 1.33. The highest BCUT2D eigenvalue weighted by molar-refractivity contribution is 14.1. The molecule has 2 aromatic carbocycles. The fourth-order valence-corrected chi connectivity index (χ4v) is 3.53. The summed E-state index contributed by atoms with van der Waals surface area (Å²) in [5.41, 5.74) is 2.05. The summed E-state index contributed by atoms with van der Waals surface area (Å²) in [5.74, 6) is 2.03. The van der Waals surface area contributed by atoms with E-state index in [2.05, 4.69) is 20.6 Å². The first-order chi connectivity index (χ1) is 14.5. The summed E-state index contributed by atoms with van der Waals surface area (Å²) in [6.07, 6.45) is 1.57. The van der Waals surface area contributed by atoms with E-state index in [9.17, 15) is 9.18 Å². The van der Waals surface area contributed by atoms with Gasteiger partial charge in [-0.2, -0.15) is 9.37 Å². The fourth-order valence-electron chi connectivity index (χ4n) is 3.11. The molecule has 152 valence electrons. The first kappa shape index (κ1) is 18.9. The minimum Gasteiger partial charge on any atom is -0.454 e. The van der Waals surface area contributed by atoms with Gasteiger partial charge in [0.05, 0.1) is 0 Å². The molecule has 5 rings (SSSR count). The second-order valence-corrected chi connectivity index (χ2v) is 8.01. The maximum absolute atomic E-state index is 14.0. The average Bonchev–Trinajstić information content (AvgIpc) is 3.17. The number of hydrogen-bond acceptors (Lipinski definition) is 8. The first-order valence-corrected chi connectivity index (χ1v) is 10.0. The molecule has 2 aliphatic rings. The minimum absolute atomic E-state index is 0.0448. The van der Waals surface area contributed by atoms with Crippen molar-refractivity contribution in [2.24, 2.45) is 0 Å². The second-order valence-electron chi connectivity index (χ2n) is 6.62. The predicted octanol–water partition coefficient (Wildman–Crippen LogP) is 4.25. The highest BCUT2D eigenvalue weighted by atomic mass is 127. The van der Waals surface area contributed by atoms with Gasteiger partial charge in [-0.05, 0) is 36.4 Å². The highest BCUT2D eigenvalue weighted by Gasteiger charge is 2.42. The van der Waals surface area contributed by atoms with Gasteiger partial charge in [0.1, 0.15) is 11.6 Å². The molecule has 1 unspecified atom stereocenters. The van der Waals surface area contributed by atoms with E-state index in [-0.39, 0.29) is 13.2 Å². The van der Waals surface area contributed by atoms with Crippen molar-refractivity contribution >= 4 is 51.5 Å². The van der Waals surface area contributed by atoms with E-state index in [1.54, 1.807) is 30.5 Å². The third kappa shape index (κ3) is 3.70. The quantitative estimate of drug-likeness (QED) is 0.390. The van der Waals surface area contributed by atoms with Crippen LogP contribution in [-0.4, -0.2) is 26.4 Å². The van der Waals surface area contributed by atoms with E-state index in [4.69, 9.17) is 14.2 Å². The number of fused-ring (bicyclic) bond motifs is 2. The molecule has 2 aliphatic heterocycles. The van der Waals surface area contributed by atoms with Gasteiger partial charge in [0.25, 0.3) is 0 Å². The van der Waals surface area contributed by atoms with E-state index in [1.165, 1.54) is 22.6 Å². The molecule has 8 nitrogen and oxygen atoms in total. The lowest BCUT2D eigenvalue weighted by atomic mass is 10.0. The lowest BCUT2D eigenvalue weighted by Gasteiger charge is -2.26. The lowest BCUT2D eigenvalue weighted by Crippen LogP contribution is -2.38. The lowest BCUT2D eigenvalue weighted by molar-refractivity contribution is -0.136. The topological polar surface area (TPSA) is 94.6 Å². The van der Waals surface area contributed by atoms with E-state index in [0.717, 1.165) is 5.69 Å². The van der Waals surface area contributed by atoms with Crippen molar-refractivity contribution in [2.45, 2.75) is 10.3 Å². The molecule has 0 amide bonds. The van der Waals surface area contributed by atoms with Crippen molar-refractivity contribution in [3.05, 3.63) is 54.2 Å². The Morgan fingerprint density at radius 1 is 1.00 bits per heavy atom. The van der Waals surface area contributed by atoms with Gasteiger partial charge in [0.2, 0.25) is 18.5 Å². The largest absolute Gasteiger partial charge is 0.454 e. The molecule has 0 saturated carbocycles. The molecule has 0 radical (unpaired) electrons. The molecule has 10 heteroatoms. The number of hydrogen-bond donors (Lipinski definition) is 2. The van der Waals surface area contributed by atoms with E-state index >= 15 is 0 Å². The van der Waals surface area contributed by atoms with Gasteiger partial charge in [0.15, 0.2) is 11.5 Å². The summed E-state index contributed by atoms with van der Waals surface area (Å²) in [7, 11) is 0. The standard InChI is InChI=1S/C20H14FIN4O4/c21-20(22)17(27)8-11-7-12(1-3-14(11)30-20)25-19-23-6-5-18(26-19)24-13-2-4-15-16(9-13)29-10-28-15/h1-7,9H,8,10H2,(H2,23,24,25,26). The van der Waals surface area contributed by atoms with Gasteiger partial charge < -0.3 is 24.8 Å². The second kappa shape index (κ2) is 7.27. The zero-order valence-corrected chi connectivity index (χ0v) is 17.5. The molecular formula is C20H14FIN4O4. The van der Waals surface area contributed by atoms with Crippen LogP contribution in [0.1, 0.15) is 5.56 Å². The summed E-state index contributed by atoms with van der Waals surface area (Å²) >= 11 is 1.37. The number of carbonyl (C=O) groups excluding carboxylic acids is 1. The summed E-state index contributed by atoms with van der Waals surface area (Å²) in [6.45, 7) is 0.210. The van der Waals surface area contributed by atoms with Crippen LogP contribution in [0, 0.1) is 0 Å². The van der Waals surface area contributed by atoms with Crippen LogP contribution in [-0.2, 0) is 11.2 Å². The van der Waals surface area contributed by atoms with Gasteiger partial charge >= 0.3 is 3.86 Å². The fraction of sp³-hybridized carbons (Fsp3) is 0.150. The Bertz CT molecular complexity index is 1160. The maximum Gasteiger partial charge on any atom is 0.358 e. The summed E-state index contributed by atoms with van der Waals surface area (Å²) in [5, 5.41) is 6.28. The van der Waals surface area contributed by atoms with E-state index in [0.29, 0.717) is 40.3 Å². The van der Waals surface area contributed by atoms with Crippen molar-refractivity contribution in [1.29, 1.82) is 0 Å². The molecule has 0 spiro atoms. The zero-order chi connectivity index (χ0) is 20.7. The zero-order valence-electron chi connectivity index (χ0n) is 15.3. The minimum atomic E-state index is -2.32. The van der Waals surface area contributed by atoms with Crippen LogP contribution in [0.4, 0.5) is 27.5 Å². The Hall–Kier alpha value is -3.15. The Kier molecular flexibility index (Phi) is 4.57. The number of nitrogens with one attached hydrogen (secondary N) is 2. The Morgan fingerprint density at radius 3 is 2.63 bits per heavy atom. The maximum atomic E-state index is 14.0. The normalized spacial score (nSPS) is 19.1. The third-order valence-corrected chi connectivity index (χ3v) is 5.35. The molecular weight excluding hydrogens is 506 g/mol. The Labute approximate surface area is 183 Å². The van der Waals surface area contributed by atoms with Crippen molar-refractivity contribution in [3.63, 3.8) is 0 Å². The van der Waals surface area contributed by atoms with Gasteiger partial charge in [-0.1, -0.05) is 0 Å². The molecule has 0 aliphatic carbocycles. The van der Waals surface area contributed by atoms with Crippen LogP contribution in [0.5, 0.6) is 17.2 Å². The van der Waals surface area contributed by atoms with Gasteiger partial charge in [-0.25, -0.2) is 4.98 Å². The predicted molar refractivity (Wildman–Crippen MR) is 115 cm³/mol. The summed E-state index contributed by atoms with van der Waals surface area (Å²) in [6, 6.07) is 12.3. The number of rotatable bonds is 4. The molecule has 0 bridgehead atoms. The SMILES string of the molecule is O=C1Cc2cc(Nc3nccc(Nc4ccc5c(c4)OCO5)n3)ccc2OC1(F)I.